The van der Waals surface area contributed by atoms with Gasteiger partial charge in [0.2, 0.25) is 5.91 Å². The van der Waals surface area contributed by atoms with Crippen molar-refractivity contribution in [3.8, 4) is 11.5 Å². The maximum Gasteiger partial charge on any atom is 0.241 e. The van der Waals surface area contributed by atoms with E-state index >= 15 is 0 Å². The molecule has 1 aromatic carbocycles. The van der Waals surface area contributed by atoms with Crippen molar-refractivity contribution in [2.24, 2.45) is 4.99 Å². The average Bonchev–Trinajstić information content (AvgIpc) is 3.00. The summed E-state index contributed by atoms with van der Waals surface area (Å²) in [6.45, 7) is 6.39. The molecule has 0 radical (unpaired) electrons. The highest BCUT2D eigenvalue weighted by Crippen LogP contribution is 2.32. The fraction of sp³-hybridized carbons (Fsp3) is 0.619. The molecule has 0 spiro atoms. The number of ether oxygens (including phenoxy) is 4. The standard InChI is InChI=1S/C21H34N4O5.HI/c1-3-8-22-20(26)16-24-21(23-9-4-10-28-14-13-27-2)25-17-6-7-18-19(15-17)30-12-5-11-29-18;/h6-7,15H,3-5,8-14,16H2,1-2H3,(H,22,26)(H2,23,24,25);1H. The van der Waals surface area contributed by atoms with Crippen molar-refractivity contribution in [2.75, 3.05) is 65.1 Å². The molecule has 3 N–H and O–H groups in total. The number of anilines is 1. The smallest absolute Gasteiger partial charge is 0.241 e. The molecule has 0 saturated carbocycles. The lowest BCUT2D eigenvalue weighted by Crippen LogP contribution is -2.34. The number of methoxy groups -OCH3 is 1. The number of amides is 1. The Hall–Kier alpha value is -1.79. The molecular formula is C21H35IN4O5. The number of carbonyl (C=O) groups is 1. The summed E-state index contributed by atoms with van der Waals surface area (Å²) in [7, 11) is 1.65. The first kappa shape index (κ1) is 27.2. The van der Waals surface area contributed by atoms with Crippen LogP contribution in [0.3, 0.4) is 0 Å². The van der Waals surface area contributed by atoms with Gasteiger partial charge >= 0.3 is 0 Å². The minimum atomic E-state index is -0.112. The quantitative estimate of drug-likeness (QED) is 0.159. The highest BCUT2D eigenvalue weighted by atomic mass is 127. The summed E-state index contributed by atoms with van der Waals surface area (Å²) < 4.78 is 21.8. The zero-order valence-corrected chi connectivity index (χ0v) is 20.7. The normalized spacial score (nSPS) is 13.0. The molecule has 0 saturated heterocycles. The van der Waals surface area contributed by atoms with Crippen LogP contribution >= 0.6 is 24.0 Å². The first-order valence-electron chi connectivity index (χ1n) is 10.5. The Bertz CT molecular complexity index is 675. The number of rotatable bonds is 12. The number of nitrogens with one attached hydrogen (secondary N) is 3. The molecule has 2 rings (SSSR count). The molecule has 0 atom stereocenters. The van der Waals surface area contributed by atoms with Crippen molar-refractivity contribution in [3.63, 3.8) is 0 Å². The van der Waals surface area contributed by atoms with E-state index in [4.69, 9.17) is 18.9 Å². The molecule has 31 heavy (non-hydrogen) atoms. The van der Waals surface area contributed by atoms with Crippen LogP contribution in [0.2, 0.25) is 0 Å². The zero-order chi connectivity index (χ0) is 21.4. The Morgan fingerprint density at radius 3 is 2.68 bits per heavy atom. The molecule has 9 nitrogen and oxygen atoms in total. The van der Waals surface area contributed by atoms with Crippen molar-refractivity contribution in [2.45, 2.75) is 26.2 Å². The molecule has 0 bridgehead atoms. The monoisotopic (exact) mass is 550 g/mol. The lowest BCUT2D eigenvalue weighted by Gasteiger charge is -2.15. The third kappa shape index (κ3) is 11.4. The van der Waals surface area contributed by atoms with Gasteiger partial charge in [-0.15, -0.1) is 24.0 Å². The van der Waals surface area contributed by atoms with Crippen molar-refractivity contribution in [3.05, 3.63) is 18.2 Å². The molecule has 10 heteroatoms. The van der Waals surface area contributed by atoms with Crippen LogP contribution in [0.25, 0.3) is 0 Å². The van der Waals surface area contributed by atoms with Crippen molar-refractivity contribution < 1.29 is 23.7 Å². The molecule has 1 aliphatic rings. The summed E-state index contributed by atoms with van der Waals surface area (Å²) in [5.74, 6) is 1.84. The first-order chi connectivity index (χ1) is 14.7. The molecule has 176 valence electrons. The minimum Gasteiger partial charge on any atom is -0.490 e. The summed E-state index contributed by atoms with van der Waals surface area (Å²) in [4.78, 5) is 16.3. The lowest BCUT2D eigenvalue weighted by atomic mass is 10.2. The second-order valence-corrected chi connectivity index (χ2v) is 6.74. The van der Waals surface area contributed by atoms with Crippen LogP contribution < -0.4 is 25.4 Å². The summed E-state index contributed by atoms with van der Waals surface area (Å²) in [6.07, 6.45) is 2.54. The summed E-state index contributed by atoms with van der Waals surface area (Å²) in [5.41, 5.74) is 0.802. The average molecular weight is 550 g/mol. The Labute approximate surface area is 201 Å². The third-order valence-electron chi connectivity index (χ3n) is 4.15. The van der Waals surface area contributed by atoms with E-state index in [0.29, 0.717) is 57.8 Å². The topological polar surface area (TPSA) is 102 Å². The van der Waals surface area contributed by atoms with Crippen LogP contribution in [-0.2, 0) is 14.3 Å². The van der Waals surface area contributed by atoms with E-state index in [1.807, 2.05) is 25.1 Å². The van der Waals surface area contributed by atoms with Gasteiger partial charge in [0.25, 0.3) is 0 Å². The van der Waals surface area contributed by atoms with E-state index in [1.54, 1.807) is 7.11 Å². The molecule has 0 unspecified atom stereocenters. The lowest BCUT2D eigenvalue weighted by molar-refractivity contribution is -0.119. The Morgan fingerprint density at radius 1 is 1.10 bits per heavy atom. The van der Waals surface area contributed by atoms with E-state index in [2.05, 4.69) is 20.9 Å². The van der Waals surface area contributed by atoms with E-state index in [-0.39, 0.29) is 36.4 Å². The molecule has 1 aromatic rings. The van der Waals surface area contributed by atoms with Gasteiger partial charge in [0.15, 0.2) is 17.5 Å². The fourth-order valence-corrected chi connectivity index (χ4v) is 2.61. The van der Waals surface area contributed by atoms with E-state index in [1.165, 1.54) is 0 Å². The molecule has 1 heterocycles. The molecule has 0 fully saturated rings. The second kappa shape index (κ2) is 16.8. The van der Waals surface area contributed by atoms with Crippen LogP contribution in [0.1, 0.15) is 26.2 Å². The van der Waals surface area contributed by atoms with Gasteiger partial charge < -0.3 is 34.9 Å². The Balaban J connectivity index is 0.00000480. The van der Waals surface area contributed by atoms with Gasteiger partial charge in [0.1, 0.15) is 6.54 Å². The number of hydrogen-bond acceptors (Lipinski definition) is 6. The molecular weight excluding hydrogens is 515 g/mol. The number of nitrogens with zero attached hydrogens (tertiary/aromatic N) is 1. The number of benzene rings is 1. The van der Waals surface area contributed by atoms with Crippen molar-refractivity contribution >= 4 is 41.5 Å². The van der Waals surface area contributed by atoms with Gasteiger partial charge in [-0.25, -0.2) is 4.99 Å². The Morgan fingerprint density at radius 2 is 1.90 bits per heavy atom. The van der Waals surface area contributed by atoms with E-state index in [9.17, 15) is 4.79 Å². The highest BCUT2D eigenvalue weighted by Gasteiger charge is 2.11. The maximum atomic E-state index is 11.9. The number of guanidine groups is 1. The molecule has 0 aromatic heterocycles. The summed E-state index contributed by atoms with van der Waals surface area (Å²) in [6, 6.07) is 5.65. The number of halogens is 1. The van der Waals surface area contributed by atoms with E-state index in [0.717, 1.165) is 30.7 Å². The van der Waals surface area contributed by atoms with Crippen LogP contribution in [0, 0.1) is 0 Å². The number of fused-ring (bicyclic) bond motifs is 1. The van der Waals surface area contributed by atoms with Gasteiger partial charge in [-0.2, -0.15) is 0 Å². The number of aliphatic imine (C=N–C) groups is 1. The van der Waals surface area contributed by atoms with Gasteiger partial charge in [0, 0.05) is 45.0 Å². The van der Waals surface area contributed by atoms with Crippen LogP contribution in [0.4, 0.5) is 5.69 Å². The second-order valence-electron chi connectivity index (χ2n) is 6.74. The third-order valence-corrected chi connectivity index (χ3v) is 4.15. The van der Waals surface area contributed by atoms with Crippen LogP contribution in [0.15, 0.2) is 23.2 Å². The van der Waals surface area contributed by atoms with Crippen LogP contribution in [0.5, 0.6) is 11.5 Å². The van der Waals surface area contributed by atoms with Crippen molar-refractivity contribution in [1.29, 1.82) is 0 Å². The largest absolute Gasteiger partial charge is 0.490 e. The number of hydrogen-bond donors (Lipinski definition) is 3. The van der Waals surface area contributed by atoms with E-state index < -0.39 is 0 Å². The maximum absolute atomic E-state index is 11.9. The van der Waals surface area contributed by atoms with Gasteiger partial charge in [-0.1, -0.05) is 6.92 Å². The van der Waals surface area contributed by atoms with Crippen LogP contribution in [-0.4, -0.2) is 71.6 Å². The van der Waals surface area contributed by atoms with Gasteiger partial charge in [-0.05, 0) is 25.0 Å². The minimum absolute atomic E-state index is 0. The SMILES string of the molecule is CCCNC(=O)CN=C(NCCCOCCOC)Nc1ccc2c(c1)OCCCO2.I. The predicted octanol–water partition coefficient (Wildman–Crippen LogP) is 2.40. The molecule has 1 aliphatic heterocycles. The van der Waals surface area contributed by atoms with Gasteiger partial charge in [0.05, 0.1) is 26.4 Å². The predicted molar refractivity (Wildman–Crippen MR) is 132 cm³/mol. The molecule has 1 amide bonds. The molecule has 0 aliphatic carbocycles. The summed E-state index contributed by atoms with van der Waals surface area (Å²) >= 11 is 0. The highest BCUT2D eigenvalue weighted by molar-refractivity contribution is 14.0. The van der Waals surface area contributed by atoms with Gasteiger partial charge in [-0.3, -0.25) is 4.79 Å². The zero-order valence-electron chi connectivity index (χ0n) is 18.4. The fourth-order valence-electron chi connectivity index (χ4n) is 2.61. The Kier molecular flexibility index (Phi) is 14.8. The first-order valence-corrected chi connectivity index (χ1v) is 10.5. The summed E-state index contributed by atoms with van der Waals surface area (Å²) in [5, 5.41) is 9.30. The van der Waals surface area contributed by atoms with Crippen molar-refractivity contribution in [1.82, 2.24) is 10.6 Å². The number of carbonyl (C=O) groups excluding carboxylic acids is 1.